The van der Waals surface area contributed by atoms with E-state index in [-0.39, 0.29) is 5.91 Å². The first-order valence-corrected chi connectivity index (χ1v) is 6.29. The van der Waals surface area contributed by atoms with Crippen LogP contribution in [0, 0.1) is 0 Å². The topological polar surface area (TPSA) is 29.1 Å². The number of carbonyl (C=O) groups is 1. The van der Waals surface area contributed by atoms with E-state index in [0.29, 0.717) is 10.7 Å². The van der Waals surface area contributed by atoms with E-state index in [1.807, 2.05) is 0 Å². The smallest absolute Gasteiger partial charge is 0.263 e. The molecule has 2 nitrogen and oxygen atoms in total. The van der Waals surface area contributed by atoms with Gasteiger partial charge in [-0.1, -0.05) is 11.6 Å². The Labute approximate surface area is 112 Å². The van der Waals surface area contributed by atoms with Gasteiger partial charge >= 0.3 is 0 Å². The number of alkyl halides is 3. The maximum Gasteiger partial charge on any atom is 0.263 e. The third kappa shape index (κ3) is 3.88. The molecule has 0 saturated heterocycles. The van der Waals surface area contributed by atoms with Crippen LogP contribution in [0.3, 0.4) is 0 Å². The summed E-state index contributed by atoms with van der Waals surface area (Å²) in [4.78, 5) is 11.4. The van der Waals surface area contributed by atoms with Crippen LogP contribution in [-0.2, 0) is 4.79 Å². The standard InChI is InChI=1S/C8H5Br3ClNO/c9-8(10,11)7(14)13-6-3-1-5(12)2-4-6/h1-4H,(H,13,14). The Morgan fingerprint density at radius 3 is 2.14 bits per heavy atom. The second-order valence-corrected chi connectivity index (χ2v) is 9.66. The van der Waals surface area contributed by atoms with Crippen molar-refractivity contribution in [1.82, 2.24) is 0 Å². The van der Waals surface area contributed by atoms with Gasteiger partial charge in [-0.15, -0.1) is 0 Å². The molecule has 0 aliphatic rings. The highest BCUT2D eigenvalue weighted by molar-refractivity contribution is 9.40. The summed E-state index contributed by atoms with van der Waals surface area (Å²) in [5.74, 6) is -0.250. The summed E-state index contributed by atoms with van der Waals surface area (Å²) in [6, 6.07) is 6.85. The zero-order chi connectivity index (χ0) is 10.8. The normalized spacial score (nSPS) is 11.1. The van der Waals surface area contributed by atoms with Crippen LogP contribution in [0.5, 0.6) is 0 Å². The van der Waals surface area contributed by atoms with Gasteiger partial charge in [-0.3, -0.25) is 4.79 Å². The molecule has 0 aliphatic heterocycles. The summed E-state index contributed by atoms with van der Waals surface area (Å²) >= 11 is 15.0. The molecule has 6 heteroatoms. The largest absolute Gasteiger partial charge is 0.323 e. The highest BCUT2D eigenvalue weighted by atomic mass is 80.0. The lowest BCUT2D eigenvalue weighted by Crippen LogP contribution is -2.25. The van der Waals surface area contributed by atoms with Crippen molar-refractivity contribution >= 4 is 71.0 Å². The Hall–Kier alpha value is 0.420. The Kier molecular flexibility index (Phi) is 4.43. The van der Waals surface area contributed by atoms with Crippen LogP contribution in [0.25, 0.3) is 0 Å². The van der Waals surface area contributed by atoms with Crippen molar-refractivity contribution < 1.29 is 4.79 Å². The maximum atomic E-state index is 11.4. The van der Waals surface area contributed by atoms with E-state index < -0.39 is 2.14 Å². The maximum absolute atomic E-state index is 11.4. The molecule has 0 aliphatic carbocycles. The van der Waals surface area contributed by atoms with Gasteiger partial charge in [0.2, 0.25) is 2.14 Å². The minimum absolute atomic E-state index is 0.250. The molecule has 1 N–H and O–H groups in total. The van der Waals surface area contributed by atoms with Gasteiger partial charge in [-0.05, 0) is 72.1 Å². The fourth-order valence-corrected chi connectivity index (χ4v) is 1.16. The molecule has 14 heavy (non-hydrogen) atoms. The van der Waals surface area contributed by atoms with Crippen LogP contribution < -0.4 is 5.32 Å². The van der Waals surface area contributed by atoms with Gasteiger partial charge in [0.05, 0.1) is 0 Å². The first-order chi connectivity index (χ1) is 6.39. The first kappa shape index (κ1) is 12.5. The van der Waals surface area contributed by atoms with Crippen LogP contribution in [-0.4, -0.2) is 8.05 Å². The highest BCUT2D eigenvalue weighted by Gasteiger charge is 2.28. The van der Waals surface area contributed by atoms with E-state index in [4.69, 9.17) is 11.6 Å². The van der Waals surface area contributed by atoms with Gasteiger partial charge in [0.1, 0.15) is 0 Å². The predicted molar refractivity (Wildman–Crippen MR) is 69.6 cm³/mol. The van der Waals surface area contributed by atoms with Gasteiger partial charge in [0, 0.05) is 10.7 Å². The van der Waals surface area contributed by atoms with Gasteiger partial charge in [0.15, 0.2) is 0 Å². The molecule has 0 saturated carbocycles. The van der Waals surface area contributed by atoms with Crippen molar-refractivity contribution in [3.63, 3.8) is 0 Å². The molecule has 0 unspecified atom stereocenters. The molecule has 76 valence electrons. The number of hydrogen-bond donors (Lipinski definition) is 1. The van der Waals surface area contributed by atoms with Crippen molar-refractivity contribution in [2.24, 2.45) is 0 Å². The molecule has 0 radical (unpaired) electrons. The summed E-state index contributed by atoms with van der Waals surface area (Å²) in [6.07, 6.45) is 0. The van der Waals surface area contributed by atoms with Crippen LogP contribution >= 0.6 is 59.4 Å². The molecular formula is C8H5Br3ClNO. The Morgan fingerprint density at radius 1 is 1.21 bits per heavy atom. The average Bonchev–Trinajstić information content (AvgIpc) is 2.07. The van der Waals surface area contributed by atoms with Gasteiger partial charge in [-0.25, -0.2) is 0 Å². The van der Waals surface area contributed by atoms with Crippen molar-refractivity contribution in [3.05, 3.63) is 29.3 Å². The summed E-state index contributed by atoms with van der Waals surface area (Å²) in [5.41, 5.74) is 0.683. The lowest BCUT2D eigenvalue weighted by molar-refractivity contribution is -0.114. The monoisotopic (exact) mass is 403 g/mol. The third-order valence-electron chi connectivity index (χ3n) is 1.36. The fraction of sp³-hybridized carbons (Fsp3) is 0.125. The third-order valence-corrected chi connectivity index (χ3v) is 2.69. The molecule has 0 bridgehead atoms. The Balaban J connectivity index is 2.71. The zero-order valence-electron chi connectivity index (χ0n) is 6.73. The van der Waals surface area contributed by atoms with Crippen LogP contribution in [0.15, 0.2) is 24.3 Å². The summed E-state index contributed by atoms with van der Waals surface area (Å²) < 4.78 is -0.938. The van der Waals surface area contributed by atoms with E-state index >= 15 is 0 Å². The van der Waals surface area contributed by atoms with Crippen molar-refractivity contribution in [2.75, 3.05) is 5.32 Å². The molecule has 1 aromatic carbocycles. The molecular weight excluding hydrogens is 401 g/mol. The van der Waals surface area contributed by atoms with Gasteiger partial charge in [-0.2, -0.15) is 0 Å². The van der Waals surface area contributed by atoms with Crippen LogP contribution in [0.1, 0.15) is 0 Å². The molecule has 0 aromatic heterocycles. The van der Waals surface area contributed by atoms with Crippen LogP contribution in [0.2, 0.25) is 5.02 Å². The molecule has 1 aromatic rings. The van der Waals surface area contributed by atoms with Crippen LogP contribution in [0.4, 0.5) is 5.69 Å². The van der Waals surface area contributed by atoms with Gasteiger partial charge < -0.3 is 5.32 Å². The SMILES string of the molecule is O=C(Nc1ccc(Cl)cc1)C(Br)(Br)Br. The van der Waals surface area contributed by atoms with Crippen molar-refractivity contribution in [2.45, 2.75) is 2.14 Å². The summed E-state index contributed by atoms with van der Waals surface area (Å²) in [7, 11) is 0. The predicted octanol–water partition coefficient (Wildman–Crippen LogP) is 4.12. The number of rotatable bonds is 1. The zero-order valence-corrected chi connectivity index (χ0v) is 12.2. The molecule has 0 atom stereocenters. The Morgan fingerprint density at radius 2 is 1.71 bits per heavy atom. The number of nitrogens with one attached hydrogen (secondary N) is 1. The van der Waals surface area contributed by atoms with E-state index in [2.05, 4.69) is 53.1 Å². The number of benzene rings is 1. The number of carbonyl (C=O) groups excluding carboxylic acids is 1. The van der Waals surface area contributed by atoms with Crippen molar-refractivity contribution in [3.8, 4) is 0 Å². The van der Waals surface area contributed by atoms with Crippen molar-refractivity contribution in [1.29, 1.82) is 0 Å². The summed E-state index contributed by atoms with van der Waals surface area (Å²) in [5, 5.41) is 3.30. The molecule has 0 spiro atoms. The van der Waals surface area contributed by atoms with E-state index in [9.17, 15) is 4.79 Å². The average molecular weight is 406 g/mol. The molecule has 0 heterocycles. The number of hydrogen-bond acceptors (Lipinski definition) is 1. The number of amides is 1. The molecule has 1 rings (SSSR count). The molecule has 1 amide bonds. The van der Waals surface area contributed by atoms with E-state index in [1.165, 1.54) is 0 Å². The Bertz CT molecular complexity index is 333. The van der Waals surface area contributed by atoms with E-state index in [0.717, 1.165) is 0 Å². The minimum Gasteiger partial charge on any atom is -0.323 e. The first-order valence-electron chi connectivity index (χ1n) is 3.53. The summed E-state index contributed by atoms with van der Waals surface area (Å²) in [6.45, 7) is 0. The molecule has 0 fully saturated rings. The second-order valence-electron chi connectivity index (χ2n) is 2.46. The number of anilines is 1. The second kappa shape index (κ2) is 4.96. The highest BCUT2D eigenvalue weighted by Crippen LogP contribution is 2.34. The van der Waals surface area contributed by atoms with E-state index in [1.54, 1.807) is 24.3 Å². The minimum atomic E-state index is -0.938. The fourth-order valence-electron chi connectivity index (χ4n) is 0.735. The lowest BCUT2D eigenvalue weighted by Gasteiger charge is -2.12. The quantitative estimate of drug-likeness (QED) is 0.699. The lowest BCUT2D eigenvalue weighted by atomic mass is 10.3. The van der Waals surface area contributed by atoms with Gasteiger partial charge in [0.25, 0.3) is 5.91 Å². The number of halogens is 4.